The second-order valence-electron chi connectivity index (χ2n) is 4.52. The first-order chi connectivity index (χ1) is 8.33. The summed E-state index contributed by atoms with van der Waals surface area (Å²) in [6, 6.07) is 7.47. The van der Waals surface area contributed by atoms with E-state index in [1.54, 1.807) is 30.3 Å². The van der Waals surface area contributed by atoms with Gasteiger partial charge in [-0.1, -0.05) is 56.0 Å². The Morgan fingerprint density at radius 3 is 2.20 bits per heavy atom. The van der Waals surface area contributed by atoms with Crippen LogP contribution in [-0.2, 0) is 16.6 Å². The van der Waals surface area contributed by atoms with Gasteiger partial charge in [0.2, 0.25) is 0 Å². The molecule has 1 aromatic carbocycles. The van der Waals surface area contributed by atoms with Crippen LogP contribution in [0.4, 0.5) is 0 Å². The Hall–Kier alpha value is 0.455. The number of benzene rings is 1. The number of carboxylic acid groups (broad SMARTS) is 1. The van der Waals surface area contributed by atoms with Gasteiger partial charge in [-0.2, -0.15) is 0 Å². The van der Waals surface area contributed by atoms with E-state index in [1.165, 1.54) is 0 Å². The molecule has 0 aliphatic carbocycles. The van der Waals surface area contributed by atoms with Crippen molar-refractivity contribution in [1.82, 2.24) is 5.09 Å². The van der Waals surface area contributed by atoms with Crippen molar-refractivity contribution in [3.8, 4) is 0 Å². The maximum atomic E-state index is 12.3. The van der Waals surface area contributed by atoms with Gasteiger partial charge in [0, 0.05) is 0 Å². The van der Waals surface area contributed by atoms with Crippen molar-refractivity contribution in [2.24, 2.45) is 5.92 Å². The Bertz CT molecular complexity index is 459. The van der Waals surface area contributed by atoms with Gasteiger partial charge in [-0.15, -0.1) is 0 Å². The van der Waals surface area contributed by atoms with Gasteiger partial charge < -0.3 is 14.8 Å². The van der Waals surface area contributed by atoms with Gasteiger partial charge >= 0.3 is 37.7 Å². The summed E-state index contributed by atoms with van der Waals surface area (Å²) in [6.07, 6.45) is -2.97. The fourth-order valence-electron chi connectivity index (χ4n) is 1.58. The molecular formula is C12H16Li2NO3PS. The SMILES string of the molecule is CC(C)C[C@H](NP([O-])(=S)c1ccccc1)C(=O)[O-].[Li+].[Li+]. The number of carbonyl (C=O) groups excluding carboxylic acids is 1. The van der Waals surface area contributed by atoms with Gasteiger partial charge in [-0.3, -0.25) is 5.09 Å². The molecule has 0 radical (unpaired) electrons. The molecule has 0 fully saturated rings. The number of rotatable bonds is 6. The number of nitrogens with one attached hydrogen (secondary N) is 1. The Morgan fingerprint density at radius 1 is 1.30 bits per heavy atom. The molecule has 0 bridgehead atoms. The topological polar surface area (TPSA) is 75.2 Å². The molecule has 1 aromatic rings. The minimum Gasteiger partial charge on any atom is -0.807 e. The molecule has 0 saturated carbocycles. The van der Waals surface area contributed by atoms with E-state index in [0.29, 0.717) is 11.7 Å². The molecule has 0 spiro atoms. The summed E-state index contributed by atoms with van der Waals surface area (Å²) >= 11 is 5.01. The van der Waals surface area contributed by atoms with Crippen LogP contribution in [0.2, 0.25) is 0 Å². The Kier molecular flexibility index (Phi) is 11.6. The molecular weight excluding hydrogens is 283 g/mol. The van der Waals surface area contributed by atoms with Gasteiger partial charge in [0.05, 0.1) is 12.0 Å². The van der Waals surface area contributed by atoms with Crippen molar-refractivity contribution in [1.29, 1.82) is 0 Å². The van der Waals surface area contributed by atoms with E-state index < -0.39 is 18.4 Å². The largest absolute Gasteiger partial charge is 1.00 e. The van der Waals surface area contributed by atoms with Crippen molar-refractivity contribution in [2.75, 3.05) is 0 Å². The molecule has 1 N–H and O–H groups in total. The predicted octanol–water partition coefficient (Wildman–Crippen LogP) is -6.26. The summed E-state index contributed by atoms with van der Waals surface area (Å²) in [6.45, 7) is 3.77. The minimum atomic E-state index is -3.30. The maximum absolute atomic E-state index is 12.3. The van der Waals surface area contributed by atoms with Crippen molar-refractivity contribution in [2.45, 2.75) is 26.3 Å². The zero-order chi connectivity index (χ0) is 13.8. The minimum absolute atomic E-state index is 0. The molecule has 4 nitrogen and oxygen atoms in total. The van der Waals surface area contributed by atoms with E-state index in [2.05, 4.69) is 5.09 Å². The fourth-order valence-corrected chi connectivity index (χ4v) is 3.66. The molecule has 0 amide bonds. The van der Waals surface area contributed by atoms with E-state index in [1.807, 2.05) is 13.8 Å². The molecule has 1 rings (SSSR count). The average Bonchev–Trinajstić information content (AvgIpc) is 2.28. The van der Waals surface area contributed by atoms with Gasteiger partial charge in [0.25, 0.3) is 0 Å². The second kappa shape index (κ2) is 10.2. The Balaban J connectivity index is 0. The van der Waals surface area contributed by atoms with Crippen LogP contribution in [0, 0.1) is 5.92 Å². The standard InChI is InChI=1S/C12H18NO3PS.2Li/c1-9(2)8-11(12(14)15)13-17(16,18)10-6-4-3-5-7-10;;/h3-7,9,11H,8H2,1-2H3,(H,14,15)(H2,13,16,18);;/q;2*+1/p-2/t11-,17?;;/m0../s1. The number of hydrogen-bond donors (Lipinski definition) is 1. The Morgan fingerprint density at radius 2 is 1.80 bits per heavy atom. The first-order valence-electron chi connectivity index (χ1n) is 5.68. The van der Waals surface area contributed by atoms with Gasteiger partial charge in [0.15, 0.2) is 0 Å². The summed E-state index contributed by atoms with van der Waals surface area (Å²) in [5.41, 5.74) is 0. The van der Waals surface area contributed by atoms with Crippen LogP contribution in [0.1, 0.15) is 20.3 Å². The molecule has 2 atom stereocenters. The average molecular weight is 299 g/mol. The summed E-state index contributed by atoms with van der Waals surface area (Å²) in [5.74, 6) is -1.13. The smallest absolute Gasteiger partial charge is 0.807 e. The quantitative estimate of drug-likeness (QED) is 0.418. The molecule has 0 aliphatic rings. The van der Waals surface area contributed by atoms with Crippen LogP contribution in [-0.4, -0.2) is 12.0 Å². The number of aliphatic carboxylic acids is 1. The van der Waals surface area contributed by atoms with E-state index in [4.69, 9.17) is 11.8 Å². The molecule has 0 aliphatic heterocycles. The third-order valence-corrected chi connectivity index (χ3v) is 4.99. The first kappa shape index (κ1) is 22.7. The summed E-state index contributed by atoms with van der Waals surface area (Å²) in [5, 5.41) is 14.0. The maximum Gasteiger partial charge on any atom is 1.00 e. The molecule has 1 unspecified atom stereocenters. The van der Waals surface area contributed by atoms with E-state index in [9.17, 15) is 14.8 Å². The van der Waals surface area contributed by atoms with Gasteiger partial charge in [-0.25, -0.2) is 0 Å². The molecule has 20 heavy (non-hydrogen) atoms. The Labute approximate surface area is 149 Å². The number of carbonyl (C=O) groups is 1. The van der Waals surface area contributed by atoms with Crippen LogP contribution in [0.25, 0.3) is 0 Å². The number of carboxylic acids is 1. The normalized spacial score (nSPS) is 14.6. The summed E-state index contributed by atoms with van der Waals surface area (Å²) in [4.78, 5) is 23.3. The van der Waals surface area contributed by atoms with E-state index in [-0.39, 0.29) is 43.6 Å². The van der Waals surface area contributed by atoms with Crippen LogP contribution in [0.5, 0.6) is 0 Å². The van der Waals surface area contributed by atoms with Crippen molar-refractivity contribution < 1.29 is 52.5 Å². The van der Waals surface area contributed by atoms with Crippen molar-refractivity contribution in [3.63, 3.8) is 0 Å². The monoisotopic (exact) mass is 299 g/mol. The van der Waals surface area contributed by atoms with Crippen LogP contribution in [0.15, 0.2) is 30.3 Å². The molecule has 0 saturated heterocycles. The van der Waals surface area contributed by atoms with Crippen LogP contribution < -0.4 is 58.1 Å². The summed E-state index contributed by atoms with van der Waals surface area (Å²) < 4.78 is 0. The third kappa shape index (κ3) is 7.46. The third-order valence-electron chi connectivity index (χ3n) is 2.41. The molecule has 8 heteroatoms. The van der Waals surface area contributed by atoms with Crippen molar-refractivity contribution in [3.05, 3.63) is 30.3 Å². The molecule has 100 valence electrons. The van der Waals surface area contributed by atoms with Crippen LogP contribution >= 0.6 is 6.42 Å². The zero-order valence-corrected chi connectivity index (χ0v) is 14.0. The van der Waals surface area contributed by atoms with E-state index in [0.717, 1.165) is 0 Å². The second-order valence-corrected chi connectivity index (χ2v) is 7.94. The fraction of sp³-hybridized carbons (Fsp3) is 0.417. The van der Waals surface area contributed by atoms with E-state index >= 15 is 0 Å². The van der Waals surface area contributed by atoms with Gasteiger partial charge in [0.1, 0.15) is 0 Å². The predicted molar refractivity (Wildman–Crippen MR) is 71.7 cm³/mol. The van der Waals surface area contributed by atoms with Crippen LogP contribution in [0.3, 0.4) is 0 Å². The zero-order valence-electron chi connectivity index (χ0n) is 12.3. The van der Waals surface area contributed by atoms with Gasteiger partial charge in [-0.05, 0) is 24.1 Å². The number of hydrogen-bond acceptors (Lipinski definition) is 4. The molecule has 0 aromatic heterocycles. The summed E-state index contributed by atoms with van der Waals surface area (Å²) in [7, 11) is 0. The van der Waals surface area contributed by atoms with Crippen molar-refractivity contribution >= 4 is 29.5 Å². The first-order valence-corrected chi connectivity index (χ1v) is 8.40. The molecule has 0 heterocycles.